The standard InChI is InChI=1S/C33H41FN2O2/c1-6-24(2)35-32(38)30(22-26-10-8-7-9-11-26)36(23-27-14-19-29(34)20-15-27)31(37)21-16-25-12-17-28(18-13-25)33(3,4)5/h7-15,17-20,24,30H,6,16,21-23H2,1-5H3,(H,35,38)/t24-,30-/m1/s1. The van der Waals surface area contributed by atoms with Crippen LogP contribution < -0.4 is 5.32 Å². The average Bonchev–Trinajstić information content (AvgIpc) is 2.90. The summed E-state index contributed by atoms with van der Waals surface area (Å²) in [6.07, 6.45) is 2.04. The third-order valence-electron chi connectivity index (χ3n) is 6.99. The molecule has 0 radical (unpaired) electrons. The van der Waals surface area contributed by atoms with E-state index in [1.807, 2.05) is 44.2 Å². The third kappa shape index (κ3) is 8.54. The number of nitrogens with one attached hydrogen (secondary N) is 1. The predicted octanol–water partition coefficient (Wildman–Crippen LogP) is 6.61. The van der Waals surface area contributed by atoms with Crippen molar-refractivity contribution in [3.05, 3.63) is 107 Å². The molecule has 2 amide bonds. The van der Waals surface area contributed by atoms with Crippen molar-refractivity contribution in [2.75, 3.05) is 0 Å². The van der Waals surface area contributed by atoms with Crippen molar-refractivity contribution in [3.8, 4) is 0 Å². The van der Waals surface area contributed by atoms with Crippen LogP contribution in [0, 0.1) is 5.82 Å². The van der Waals surface area contributed by atoms with Gasteiger partial charge in [-0.25, -0.2) is 4.39 Å². The summed E-state index contributed by atoms with van der Waals surface area (Å²) in [5, 5.41) is 3.08. The van der Waals surface area contributed by atoms with Crippen LogP contribution in [0.5, 0.6) is 0 Å². The lowest BCUT2D eigenvalue weighted by atomic mass is 9.86. The van der Waals surface area contributed by atoms with Crippen molar-refractivity contribution in [1.29, 1.82) is 0 Å². The lowest BCUT2D eigenvalue weighted by molar-refractivity contribution is -0.141. The first-order valence-electron chi connectivity index (χ1n) is 13.5. The first-order valence-corrected chi connectivity index (χ1v) is 13.5. The first-order chi connectivity index (χ1) is 18.1. The van der Waals surface area contributed by atoms with Gasteiger partial charge in [-0.1, -0.05) is 94.4 Å². The van der Waals surface area contributed by atoms with Crippen LogP contribution in [0.15, 0.2) is 78.9 Å². The Bertz CT molecular complexity index is 1170. The van der Waals surface area contributed by atoms with E-state index in [1.54, 1.807) is 17.0 Å². The summed E-state index contributed by atoms with van der Waals surface area (Å²) in [5.41, 5.74) is 4.15. The lowest BCUT2D eigenvalue weighted by Gasteiger charge is -2.32. The predicted molar refractivity (Wildman–Crippen MR) is 152 cm³/mol. The van der Waals surface area contributed by atoms with E-state index in [0.29, 0.717) is 12.8 Å². The zero-order valence-corrected chi connectivity index (χ0v) is 23.3. The Morgan fingerprint density at radius 3 is 2.05 bits per heavy atom. The Labute approximate surface area is 227 Å². The summed E-state index contributed by atoms with van der Waals surface area (Å²) in [6.45, 7) is 10.7. The number of hydrogen-bond donors (Lipinski definition) is 1. The van der Waals surface area contributed by atoms with E-state index in [4.69, 9.17) is 0 Å². The van der Waals surface area contributed by atoms with Gasteiger partial charge in [0.25, 0.3) is 0 Å². The maximum Gasteiger partial charge on any atom is 0.243 e. The van der Waals surface area contributed by atoms with Gasteiger partial charge in [-0.05, 0) is 59.6 Å². The summed E-state index contributed by atoms with van der Waals surface area (Å²) in [7, 11) is 0. The molecule has 0 spiro atoms. The smallest absolute Gasteiger partial charge is 0.243 e. The van der Waals surface area contributed by atoms with Gasteiger partial charge in [-0.3, -0.25) is 9.59 Å². The molecule has 4 nitrogen and oxygen atoms in total. The monoisotopic (exact) mass is 516 g/mol. The highest BCUT2D eigenvalue weighted by Gasteiger charge is 2.30. The molecule has 0 saturated heterocycles. The minimum atomic E-state index is -0.688. The van der Waals surface area contributed by atoms with E-state index in [1.165, 1.54) is 17.7 Å². The van der Waals surface area contributed by atoms with Gasteiger partial charge in [0.05, 0.1) is 0 Å². The van der Waals surface area contributed by atoms with Crippen LogP contribution in [0.3, 0.4) is 0 Å². The molecular weight excluding hydrogens is 475 g/mol. The van der Waals surface area contributed by atoms with E-state index in [0.717, 1.165) is 23.1 Å². The maximum atomic E-state index is 13.8. The van der Waals surface area contributed by atoms with Crippen molar-refractivity contribution < 1.29 is 14.0 Å². The molecule has 3 rings (SSSR count). The van der Waals surface area contributed by atoms with Crippen molar-refractivity contribution in [2.24, 2.45) is 0 Å². The zero-order chi connectivity index (χ0) is 27.7. The van der Waals surface area contributed by atoms with Gasteiger partial charge >= 0.3 is 0 Å². The van der Waals surface area contributed by atoms with Crippen molar-refractivity contribution in [2.45, 2.75) is 84.3 Å². The van der Waals surface area contributed by atoms with Crippen molar-refractivity contribution in [1.82, 2.24) is 10.2 Å². The summed E-state index contributed by atoms with van der Waals surface area (Å²) >= 11 is 0. The Morgan fingerprint density at radius 1 is 0.868 bits per heavy atom. The van der Waals surface area contributed by atoms with Crippen LogP contribution in [-0.2, 0) is 34.4 Å². The molecule has 0 aliphatic heterocycles. The molecule has 3 aromatic rings. The van der Waals surface area contributed by atoms with Crippen LogP contribution in [0.2, 0.25) is 0 Å². The molecule has 2 atom stereocenters. The van der Waals surface area contributed by atoms with Gasteiger partial charge in [-0.15, -0.1) is 0 Å². The molecule has 202 valence electrons. The SMILES string of the molecule is CC[C@@H](C)NC(=O)[C@@H](Cc1ccccc1)N(Cc1ccc(F)cc1)C(=O)CCc1ccc(C(C)(C)C)cc1. The van der Waals surface area contributed by atoms with Gasteiger partial charge in [0.1, 0.15) is 11.9 Å². The van der Waals surface area contributed by atoms with E-state index in [-0.39, 0.29) is 42.1 Å². The van der Waals surface area contributed by atoms with E-state index in [2.05, 4.69) is 50.4 Å². The Hall–Kier alpha value is -3.47. The number of halogens is 1. The molecule has 0 bridgehead atoms. The van der Waals surface area contributed by atoms with Crippen molar-refractivity contribution in [3.63, 3.8) is 0 Å². The third-order valence-corrected chi connectivity index (χ3v) is 6.99. The quantitative estimate of drug-likeness (QED) is 0.312. The molecule has 0 saturated carbocycles. The molecule has 38 heavy (non-hydrogen) atoms. The molecular formula is C33H41FN2O2. The first kappa shape index (κ1) is 29.1. The topological polar surface area (TPSA) is 49.4 Å². The van der Waals surface area contributed by atoms with Crippen LogP contribution in [0.4, 0.5) is 4.39 Å². The summed E-state index contributed by atoms with van der Waals surface area (Å²) < 4.78 is 13.6. The molecule has 3 aromatic carbocycles. The Morgan fingerprint density at radius 2 is 1.47 bits per heavy atom. The minimum Gasteiger partial charge on any atom is -0.352 e. The van der Waals surface area contributed by atoms with E-state index in [9.17, 15) is 14.0 Å². The molecule has 0 aliphatic carbocycles. The molecule has 1 N–H and O–H groups in total. The summed E-state index contributed by atoms with van der Waals surface area (Å²) in [6, 6.07) is 23.6. The molecule has 5 heteroatoms. The highest BCUT2D eigenvalue weighted by Crippen LogP contribution is 2.23. The molecule has 0 aliphatic rings. The van der Waals surface area contributed by atoms with Gasteiger partial charge in [0.15, 0.2) is 0 Å². The van der Waals surface area contributed by atoms with Crippen LogP contribution in [0.25, 0.3) is 0 Å². The molecule has 0 aromatic heterocycles. The van der Waals surface area contributed by atoms with E-state index >= 15 is 0 Å². The Balaban J connectivity index is 1.88. The molecule has 0 fully saturated rings. The number of hydrogen-bond acceptors (Lipinski definition) is 2. The second-order valence-electron chi connectivity index (χ2n) is 11.1. The average molecular weight is 517 g/mol. The Kier molecular flexibility index (Phi) is 10.2. The number of benzene rings is 3. The fraction of sp³-hybridized carbons (Fsp3) is 0.394. The highest BCUT2D eigenvalue weighted by atomic mass is 19.1. The zero-order valence-electron chi connectivity index (χ0n) is 23.3. The number of amides is 2. The molecule has 0 heterocycles. The van der Waals surface area contributed by atoms with Crippen molar-refractivity contribution >= 4 is 11.8 Å². The summed E-state index contributed by atoms with van der Waals surface area (Å²) in [4.78, 5) is 29.0. The van der Waals surface area contributed by atoms with Crippen LogP contribution >= 0.6 is 0 Å². The number of carbonyl (C=O) groups is 2. The van der Waals surface area contributed by atoms with E-state index < -0.39 is 6.04 Å². The maximum absolute atomic E-state index is 13.8. The van der Waals surface area contributed by atoms with Crippen LogP contribution in [-0.4, -0.2) is 28.8 Å². The lowest BCUT2D eigenvalue weighted by Crippen LogP contribution is -2.52. The van der Waals surface area contributed by atoms with Gasteiger partial charge < -0.3 is 10.2 Å². The van der Waals surface area contributed by atoms with Crippen LogP contribution in [0.1, 0.15) is 69.7 Å². The number of rotatable bonds is 11. The second-order valence-corrected chi connectivity index (χ2v) is 11.1. The fourth-order valence-electron chi connectivity index (χ4n) is 4.35. The number of carbonyl (C=O) groups excluding carboxylic acids is 2. The number of nitrogens with zero attached hydrogens (tertiary/aromatic N) is 1. The van der Waals surface area contributed by atoms with Gasteiger partial charge in [0, 0.05) is 25.4 Å². The highest BCUT2D eigenvalue weighted by molar-refractivity contribution is 5.88. The minimum absolute atomic E-state index is 0.00937. The molecule has 0 unspecified atom stereocenters. The number of aryl methyl sites for hydroxylation is 1. The fourth-order valence-corrected chi connectivity index (χ4v) is 4.35. The summed E-state index contributed by atoms with van der Waals surface area (Å²) in [5.74, 6) is -0.608. The largest absolute Gasteiger partial charge is 0.352 e. The van der Waals surface area contributed by atoms with Gasteiger partial charge in [0.2, 0.25) is 11.8 Å². The normalized spacial score (nSPS) is 13.0. The second kappa shape index (κ2) is 13.4. The van der Waals surface area contributed by atoms with Gasteiger partial charge in [-0.2, -0.15) is 0 Å².